The van der Waals surface area contributed by atoms with Crippen molar-refractivity contribution >= 4 is 27.5 Å². The van der Waals surface area contributed by atoms with Crippen molar-refractivity contribution in [3.63, 3.8) is 0 Å². The minimum atomic E-state index is -3.56. The molecule has 3 aromatic rings. The highest BCUT2D eigenvalue weighted by Crippen LogP contribution is 2.23. The van der Waals surface area contributed by atoms with Crippen LogP contribution in [0.5, 0.6) is 0 Å². The summed E-state index contributed by atoms with van der Waals surface area (Å²) in [6.07, 6.45) is 1.94. The van der Waals surface area contributed by atoms with Gasteiger partial charge in [-0.15, -0.1) is 0 Å². The average molecular weight is 592 g/mol. The Kier molecular flexibility index (Phi) is 11.0. The second-order valence-electron chi connectivity index (χ2n) is 12.2. The molecule has 7 nitrogen and oxygen atoms in total. The molecule has 3 aromatic carbocycles. The van der Waals surface area contributed by atoms with Gasteiger partial charge in [-0.3, -0.25) is 13.9 Å². The van der Waals surface area contributed by atoms with Gasteiger partial charge in [-0.2, -0.15) is 0 Å². The van der Waals surface area contributed by atoms with E-state index in [4.69, 9.17) is 0 Å². The number of benzene rings is 3. The fourth-order valence-electron chi connectivity index (χ4n) is 4.78. The summed E-state index contributed by atoms with van der Waals surface area (Å²) < 4.78 is 26.8. The van der Waals surface area contributed by atoms with E-state index in [1.807, 2.05) is 108 Å². The van der Waals surface area contributed by atoms with Crippen molar-refractivity contribution in [2.24, 2.45) is 0 Å². The molecular formula is C34H45N3O4S. The second kappa shape index (κ2) is 14.0. The van der Waals surface area contributed by atoms with Crippen LogP contribution in [0.2, 0.25) is 0 Å². The number of hydrogen-bond donors (Lipinski definition) is 1. The summed E-state index contributed by atoms with van der Waals surface area (Å²) in [5.74, 6) is -0.422. The van der Waals surface area contributed by atoms with Crippen molar-refractivity contribution < 1.29 is 18.0 Å². The van der Waals surface area contributed by atoms with E-state index >= 15 is 0 Å². The zero-order valence-corrected chi connectivity index (χ0v) is 26.8. The highest BCUT2D eigenvalue weighted by atomic mass is 32.2. The Bertz CT molecular complexity index is 1460. The Labute approximate surface area is 252 Å². The van der Waals surface area contributed by atoms with Crippen molar-refractivity contribution in [1.82, 2.24) is 10.2 Å². The van der Waals surface area contributed by atoms with Crippen molar-refractivity contribution in [1.29, 1.82) is 0 Å². The largest absolute Gasteiger partial charge is 0.350 e. The maximum Gasteiger partial charge on any atom is 0.243 e. The van der Waals surface area contributed by atoms with E-state index in [9.17, 15) is 18.0 Å². The zero-order valence-electron chi connectivity index (χ0n) is 26.0. The lowest BCUT2D eigenvalue weighted by atomic mass is 10.00. The molecule has 0 spiro atoms. The Balaban J connectivity index is 1.90. The molecule has 8 heteroatoms. The minimum Gasteiger partial charge on any atom is -0.350 e. The fourth-order valence-corrected chi connectivity index (χ4v) is 5.74. The summed E-state index contributed by atoms with van der Waals surface area (Å²) in [6.45, 7) is 12.1. The van der Waals surface area contributed by atoms with Gasteiger partial charge in [-0.25, -0.2) is 8.42 Å². The van der Waals surface area contributed by atoms with E-state index in [1.54, 1.807) is 11.0 Å². The Morgan fingerprint density at radius 1 is 0.857 bits per heavy atom. The molecule has 0 aliphatic rings. The maximum atomic E-state index is 14.0. The molecule has 0 heterocycles. The number of carbonyl (C=O) groups is 2. The third-order valence-corrected chi connectivity index (χ3v) is 8.37. The average Bonchev–Trinajstić information content (AvgIpc) is 2.90. The van der Waals surface area contributed by atoms with E-state index in [0.29, 0.717) is 18.5 Å². The summed E-state index contributed by atoms with van der Waals surface area (Å²) >= 11 is 0. The molecule has 1 atom stereocenters. The van der Waals surface area contributed by atoms with Gasteiger partial charge in [-0.05, 0) is 82.3 Å². The van der Waals surface area contributed by atoms with Crippen LogP contribution >= 0.6 is 0 Å². The lowest BCUT2D eigenvalue weighted by molar-refractivity contribution is -0.142. The summed E-state index contributed by atoms with van der Waals surface area (Å²) in [5.41, 5.74) is 5.15. The van der Waals surface area contributed by atoms with Crippen LogP contribution in [0.15, 0.2) is 72.8 Å². The normalized spacial score (nSPS) is 12.5. The molecule has 0 aliphatic carbocycles. The van der Waals surface area contributed by atoms with Gasteiger partial charge < -0.3 is 10.2 Å². The van der Waals surface area contributed by atoms with Crippen LogP contribution in [0.25, 0.3) is 0 Å². The van der Waals surface area contributed by atoms with Crippen LogP contribution in [-0.2, 0) is 32.6 Å². The molecule has 1 N–H and O–H groups in total. The smallest absolute Gasteiger partial charge is 0.243 e. The zero-order chi connectivity index (χ0) is 31.1. The Morgan fingerprint density at radius 2 is 1.50 bits per heavy atom. The van der Waals surface area contributed by atoms with E-state index in [-0.39, 0.29) is 31.3 Å². The number of nitrogens with zero attached hydrogens (tertiary/aromatic N) is 2. The molecule has 0 unspecified atom stereocenters. The number of nitrogens with one attached hydrogen (secondary N) is 1. The fraction of sp³-hybridized carbons (Fsp3) is 0.412. The van der Waals surface area contributed by atoms with Gasteiger partial charge >= 0.3 is 0 Å². The van der Waals surface area contributed by atoms with Crippen molar-refractivity contribution in [3.8, 4) is 0 Å². The second-order valence-corrected chi connectivity index (χ2v) is 14.1. The SMILES string of the molecule is Cc1ccc(CN(C(=O)CCCN(c2ccc(C)c(C)c2)S(C)(=O)=O)[C@H](Cc2ccccc2)C(=O)NC(C)(C)C)cc1. The van der Waals surface area contributed by atoms with E-state index in [0.717, 1.165) is 27.8 Å². The van der Waals surface area contributed by atoms with Crippen LogP contribution in [-0.4, -0.2) is 49.5 Å². The minimum absolute atomic E-state index is 0.0941. The van der Waals surface area contributed by atoms with Crippen molar-refractivity contribution in [2.45, 2.75) is 78.9 Å². The van der Waals surface area contributed by atoms with Gasteiger partial charge in [0.25, 0.3) is 0 Å². The first-order chi connectivity index (χ1) is 19.6. The van der Waals surface area contributed by atoms with E-state index in [2.05, 4.69) is 5.32 Å². The number of aryl methyl sites for hydroxylation is 3. The van der Waals surface area contributed by atoms with Gasteiger partial charge in [0, 0.05) is 31.5 Å². The molecule has 0 aliphatic heterocycles. The molecule has 0 saturated heterocycles. The lowest BCUT2D eigenvalue weighted by Gasteiger charge is -2.34. The lowest BCUT2D eigenvalue weighted by Crippen LogP contribution is -2.54. The van der Waals surface area contributed by atoms with Gasteiger partial charge in [0.05, 0.1) is 11.9 Å². The van der Waals surface area contributed by atoms with E-state index < -0.39 is 21.6 Å². The van der Waals surface area contributed by atoms with Crippen LogP contribution in [0.1, 0.15) is 61.4 Å². The van der Waals surface area contributed by atoms with Gasteiger partial charge in [0.2, 0.25) is 21.8 Å². The highest BCUT2D eigenvalue weighted by Gasteiger charge is 2.32. The number of rotatable bonds is 12. The molecule has 3 rings (SSSR count). The summed E-state index contributed by atoms with van der Waals surface area (Å²) in [4.78, 5) is 29.3. The molecule has 2 amide bonds. The number of hydrogen-bond acceptors (Lipinski definition) is 4. The van der Waals surface area contributed by atoms with Crippen LogP contribution in [0, 0.1) is 20.8 Å². The van der Waals surface area contributed by atoms with Gasteiger partial charge in [0.15, 0.2) is 0 Å². The summed E-state index contributed by atoms with van der Waals surface area (Å²) in [7, 11) is -3.56. The number of carbonyl (C=O) groups excluding carboxylic acids is 2. The predicted molar refractivity (Wildman–Crippen MR) is 171 cm³/mol. The van der Waals surface area contributed by atoms with Crippen LogP contribution < -0.4 is 9.62 Å². The number of amides is 2. The quantitative estimate of drug-likeness (QED) is 0.292. The first kappa shape index (κ1) is 32.9. The molecule has 0 radical (unpaired) electrons. The van der Waals surface area contributed by atoms with Gasteiger partial charge in [-0.1, -0.05) is 66.2 Å². The van der Waals surface area contributed by atoms with Crippen LogP contribution in [0.3, 0.4) is 0 Å². The Hall–Kier alpha value is -3.65. The summed E-state index contributed by atoms with van der Waals surface area (Å²) in [5, 5.41) is 3.07. The first-order valence-electron chi connectivity index (χ1n) is 14.4. The Morgan fingerprint density at radius 3 is 2.07 bits per heavy atom. The predicted octanol–water partition coefficient (Wildman–Crippen LogP) is 5.71. The third kappa shape index (κ3) is 9.72. The maximum absolute atomic E-state index is 14.0. The van der Waals surface area contributed by atoms with E-state index in [1.165, 1.54) is 10.6 Å². The molecule has 0 fully saturated rings. The van der Waals surface area contributed by atoms with Crippen LogP contribution in [0.4, 0.5) is 5.69 Å². The highest BCUT2D eigenvalue weighted by molar-refractivity contribution is 7.92. The number of sulfonamides is 1. The molecule has 226 valence electrons. The number of anilines is 1. The molecule has 0 aromatic heterocycles. The first-order valence-corrected chi connectivity index (χ1v) is 16.2. The van der Waals surface area contributed by atoms with Crippen molar-refractivity contribution in [3.05, 3.63) is 101 Å². The molecular weight excluding hydrogens is 546 g/mol. The standard InChI is InChI=1S/C34H45N3O4S/c1-25-15-18-29(19-16-25)24-36(31(33(39)35-34(4,5)6)23-28-12-9-8-10-13-28)32(38)14-11-21-37(42(7,40)41)30-20-17-26(2)27(3)22-30/h8-10,12-13,15-20,22,31H,11,14,21,23-24H2,1-7H3,(H,35,39)/t31-/m1/s1. The monoisotopic (exact) mass is 591 g/mol. The van der Waals surface area contributed by atoms with Crippen molar-refractivity contribution in [2.75, 3.05) is 17.1 Å². The third-order valence-electron chi connectivity index (χ3n) is 7.17. The molecule has 42 heavy (non-hydrogen) atoms. The topological polar surface area (TPSA) is 86.8 Å². The molecule has 0 bridgehead atoms. The van der Waals surface area contributed by atoms with Gasteiger partial charge in [0.1, 0.15) is 6.04 Å². The summed E-state index contributed by atoms with van der Waals surface area (Å²) in [6, 6.07) is 22.4. The molecule has 0 saturated carbocycles.